The fraction of sp³-hybridized carbons (Fsp3) is 0.500. The number of rotatable bonds is 5. The zero-order chi connectivity index (χ0) is 12.8. The van der Waals surface area contributed by atoms with Gasteiger partial charge >= 0.3 is 0 Å². The lowest BCUT2D eigenvalue weighted by Crippen LogP contribution is -2.30. The number of carbonyl (C=O) groups excluding carboxylic acids is 1. The predicted molar refractivity (Wildman–Crippen MR) is 78.2 cm³/mol. The summed E-state index contributed by atoms with van der Waals surface area (Å²) in [5.74, 6) is 1.15. The van der Waals surface area contributed by atoms with Gasteiger partial charge in [0.05, 0.1) is 12.2 Å². The van der Waals surface area contributed by atoms with Crippen molar-refractivity contribution in [1.29, 1.82) is 0 Å². The molecule has 1 fully saturated rings. The number of ether oxygens (including phenoxy) is 1. The molecule has 1 unspecified atom stereocenters. The first-order valence-electron chi connectivity index (χ1n) is 6.52. The number of benzene rings is 1. The molecule has 1 aliphatic rings. The number of halogens is 1. The summed E-state index contributed by atoms with van der Waals surface area (Å²) in [4.78, 5) is 12.1. The van der Waals surface area contributed by atoms with Gasteiger partial charge in [-0.2, -0.15) is 0 Å². The zero-order valence-corrected chi connectivity index (χ0v) is 12.0. The highest BCUT2D eigenvalue weighted by Gasteiger charge is 2.17. The Morgan fingerprint density at radius 3 is 2.95 bits per heavy atom. The monoisotopic (exact) mass is 284 g/mol. The van der Waals surface area contributed by atoms with Crippen molar-refractivity contribution < 1.29 is 9.53 Å². The predicted octanol–water partition coefficient (Wildman–Crippen LogP) is 1.85. The Kier molecular flexibility index (Phi) is 6.67. The molecule has 4 nitrogen and oxygen atoms in total. The maximum absolute atomic E-state index is 12.1. The van der Waals surface area contributed by atoms with Gasteiger partial charge in [0.25, 0.3) is 5.91 Å². The van der Waals surface area contributed by atoms with Crippen LogP contribution >= 0.6 is 12.4 Å². The van der Waals surface area contributed by atoms with Gasteiger partial charge in [0, 0.05) is 6.54 Å². The summed E-state index contributed by atoms with van der Waals surface area (Å²) in [5.41, 5.74) is 0.616. The van der Waals surface area contributed by atoms with Crippen molar-refractivity contribution >= 4 is 18.3 Å². The Bertz CT molecular complexity index is 406. The summed E-state index contributed by atoms with van der Waals surface area (Å²) in [7, 11) is 0. The van der Waals surface area contributed by atoms with Crippen LogP contribution in [0.1, 0.15) is 23.7 Å². The van der Waals surface area contributed by atoms with E-state index in [4.69, 9.17) is 4.74 Å². The summed E-state index contributed by atoms with van der Waals surface area (Å²) in [6.45, 7) is 5.26. The van der Waals surface area contributed by atoms with Gasteiger partial charge in [0.2, 0.25) is 0 Å². The van der Waals surface area contributed by atoms with E-state index in [-0.39, 0.29) is 18.3 Å². The van der Waals surface area contributed by atoms with Gasteiger partial charge in [-0.3, -0.25) is 4.79 Å². The van der Waals surface area contributed by atoms with Crippen LogP contribution in [-0.2, 0) is 0 Å². The molecular formula is C14H21ClN2O2. The number of nitrogens with one attached hydrogen (secondary N) is 2. The van der Waals surface area contributed by atoms with Crippen LogP contribution < -0.4 is 15.4 Å². The van der Waals surface area contributed by atoms with E-state index >= 15 is 0 Å². The van der Waals surface area contributed by atoms with E-state index < -0.39 is 0 Å². The van der Waals surface area contributed by atoms with E-state index in [0.717, 1.165) is 26.1 Å². The maximum atomic E-state index is 12.1. The lowest BCUT2D eigenvalue weighted by atomic mass is 10.1. The van der Waals surface area contributed by atoms with Gasteiger partial charge in [-0.15, -0.1) is 12.4 Å². The molecule has 0 radical (unpaired) electrons. The maximum Gasteiger partial charge on any atom is 0.255 e. The summed E-state index contributed by atoms with van der Waals surface area (Å²) in [6, 6.07) is 7.36. The van der Waals surface area contributed by atoms with Gasteiger partial charge < -0.3 is 15.4 Å². The molecule has 1 aromatic rings. The van der Waals surface area contributed by atoms with Gasteiger partial charge in [-0.1, -0.05) is 12.1 Å². The third kappa shape index (κ3) is 4.40. The summed E-state index contributed by atoms with van der Waals surface area (Å²) in [5, 5.41) is 6.27. The molecule has 2 rings (SSSR count). The highest BCUT2D eigenvalue weighted by molar-refractivity contribution is 5.96. The van der Waals surface area contributed by atoms with E-state index in [2.05, 4.69) is 10.6 Å². The van der Waals surface area contributed by atoms with Crippen LogP contribution in [0.25, 0.3) is 0 Å². The minimum Gasteiger partial charge on any atom is -0.493 e. The molecule has 1 amide bonds. The third-order valence-corrected chi connectivity index (χ3v) is 3.15. The fourth-order valence-electron chi connectivity index (χ4n) is 2.16. The van der Waals surface area contributed by atoms with Crippen LogP contribution in [0.4, 0.5) is 0 Å². The first-order chi connectivity index (χ1) is 8.81. The fourth-order valence-corrected chi connectivity index (χ4v) is 2.16. The summed E-state index contributed by atoms with van der Waals surface area (Å²) in [6.07, 6.45) is 1.13. The molecule has 19 heavy (non-hydrogen) atoms. The molecule has 1 aromatic carbocycles. The van der Waals surface area contributed by atoms with E-state index in [1.165, 1.54) is 0 Å². The average molecular weight is 285 g/mol. The minimum absolute atomic E-state index is 0. The Hall–Kier alpha value is -1.26. The number of para-hydroxylation sites is 1. The number of amides is 1. The van der Waals surface area contributed by atoms with Crippen LogP contribution in [0.5, 0.6) is 5.75 Å². The highest BCUT2D eigenvalue weighted by atomic mass is 35.5. The normalized spacial score (nSPS) is 17.6. The zero-order valence-electron chi connectivity index (χ0n) is 11.1. The van der Waals surface area contributed by atoms with Gasteiger partial charge in [0.1, 0.15) is 5.75 Å². The molecule has 0 saturated carbocycles. The average Bonchev–Trinajstić information content (AvgIpc) is 2.90. The quantitative estimate of drug-likeness (QED) is 0.868. The Balaban J connectivity index is 0.00000180. The van der Waals surface area contributed by atoms with E-state index in [0.29, 0.717) is 23.8 Å². The smallest absolute Gasteiger partial charge is 0.255 e. The Morgan fingerprint density at radius 1 is 1.47 bits per heavy atom. The second-order valence-corrected chi connectivity index (χ2v) is 4.50. The topological polar surface area (TPSA) is 50.4 Å². The molecule has 0 spiro atoms. The molecule has 0 aromatic heterocycles. The summed E-state index contributed by atoms with van der Waals surface area (Å²) < 4.78 is 5.46. The highest BCUT2D eigenvalue weighted by Crippen LogP contribution is 2.17. The molecule has 1 aliphatic heterocycles. The number of hydrogen-bond acceptors (Lipinski definition) is 3. The second-order valence-electron chi connectivity index (χ2n) is 4.50. The first kappa shape index (κ1) is 15.8. The Labute approximate surface area is 120 Å². The molecule has 1 saturated heterocycles. The summed E-state index contributed by atoms with van der Waals surface area (Å²) >= 11 is 0. The second kappa shape index (κ2) is 8.02. The molecule has 1 heterocycles. The van der Waals surface area contributed by atoms with Gasteiger partial charge in [-0.25, -0.2) is 0 Å². The lowest BCUT2D eigenvalue weighted by Gasteiger charge is -2.12. The lowest BCUT2D eigenvalue weighted by molar-refractivity contribution is 0.0944. The minimum atomic E-state index is -0.0500. The van der Waals surface area contributed by atoms with Crippen molar-refractivity contribution in [2.75, 3.05) is 26.2 Å². The number of carbonyl (C=O) groups is 1. The van der Waals surface area contributed by atoms with Crippen molar-refractivity contribution in [3.8, 4) is 5.75 Å². The third-order valence-electron chi connectivity index (χ3n) is 3.15. The molecule has 0 aliphatic carbocycles. The van der Waals surface area contributed by atoms with Crippen LogP contribution in [0, 0.1) is 5.92 Å². The van der Waals surface area contributed by atoms with E-state index in [1.54, 1.807) is 6.07 Å². The number of hydrogen-bond donors (Lipinski definition) is 2. The van der Waals surface area contributed by atoms with Crippen molar-refractivity contribution in [1.82, 2.24) is 10.6 Å². The van der Waals surface area contributed by atoms with Crippen molar-refractivity contribution in [2.45, 2.75) is 13.3 Å². The van der Waals surface area contributed by atoms with Crippen molar-refractivity contribution in [2.24, 2.45) is 5.92 Å². The van der Waals surface area contributed by atoms with Crippen molar-refractivity contribution in [3.05, 3.63) is 29.8 Å². The molecule has 0 bridgehead atoms. The molecule has 1 atom stereocenters. The van der Waals surface area contributed by atoms with Crippen LogP contribution in [0.15, 0.2) is 24.3 Å². The van der Waals surface area contributed by atoms with Crippen LogP contribution in [-0.4, -0.2) is 32.1 Å². The van der Waals surface area contributed by atoms with Gasteiger partial charge in [0.15, 0.2) is 0 Å². The Morgan fingerprint density at radius 2 is 2.26 bits per heavy atom. The van der Waals surface area contributed by atoms with Gasteiger partial charge in [-0.05, 0) is 44.5 Å². The first-order valence-corrected chi connectivity index (χ1v) is 6.52. The SMILES string of the molecule is CCOc1ccccc1C(=O)NCC1CCNC1.Cl. The standard InChI is InChI=1S/C14H20N2O2.ClH/c1-2-18-13-6-4-3-5-12(13)14(17)16-10-11-7-8-15-9-11;/h3-6,11,15H,2,7-10H2,1H3,(H,16,17);1H. The molecule has 106 valence electrons. The molecule has 2 N–H and O–H groups in total. The van der Waals surface area contributed by atoms with E-state index in [9.17, 15) is 4.79 Å². The van der Waals surface area contributed by atoms with Crippen LogP contribution in [0.2, 0.25) is 0 Å². The van der Waals surface area contributed by atoms with E-state index in [1.807, 2.05) is 25.1 Å². The molecule has 5 heteroatoms. The largest absolute Gasteiger partial charge is 0.493 e. The van der Waals surface area contributed by atoms with Crippen molar-refractivity contribution in [3.63, 3.8) is 0 Å². The van der Waals surface area contributed by atoms with Crippen LogP contribution in [0.3, 0.4) is 0 Å². The molecular weight excluding hydrogens is 264 g/mol.